The summed E-state index contributed by atoms with van der Waals surface area (Å²) >= 11 is 0. The molecule has 2 rings (SSSR count). The molecule has 114 valence electrons. The second-order valence-electron chi connectivity index (χ2n) is 6.36. The fourth-order valence-corrected chi connectivity index (χ4v) is 2.80. The Kier molecular flexibility index (Phi) is 5.83. The summed E-state index contributed by atoms with van der Waals surface area (Å²) in [5.41, 5.74) is 0. The third kappa shape index (κ3) is 4.78. The van der Waals surface area contributed by atoms with E-state index >= 15 is 0 Å². The van der Waals surface area contributed by atoms with Gasteiger partial charge in [0.1, 0.15) is 0 Å². The van der Waals surface area contributed by atoms with Gasteiger partial charge in [0.15, 0.2) is 0 Å². The van der Waals surface area contributed by atoms with Crippen molar-refractivity contribution in [1.82, 2.24) is 15.5 Å². The van der Waals surface area contributed by atoms with Crippen LogP contribution < -0.4 is 10.6 Å². The molecule has 1 atom stereocenters. The smallest absolute Gasteiger partial charge is 0.315 e. The van der Waals surface area contributed by atoms with Crippen molar-refractivity contribution in [3.63, 3.8) is 0 Å². The highest BCUT2D eigenvalue weighted by molar-refractivity contribution is 5.19. The highest BCUT2D eigenvalue weighted by atomic mass is 16.4. The topological polar surface area (TPSA) is 63.0 Å². The molecule has 1 heterocycles. The molecule has 1 fully saturated rings. The van der Waals surface area contributed by atoms with Crippen LogP contribution in [0.1, 0.15) is 58.8 Å². The Balaban J connectivity index is 1.76. The minimum absolute atomic E-state index is 0.409. The lowest BCUT2D eigenvalue weighted by molar-refractivity contribution is 0.324. The maximum absolute atomic E-state index is 5.63. The summed E-state index contributed by atoms with van der Waals surface area (Å²) in [7, 11) is 0. The van der Waals surface area contributed by atoms with Gasteiger partial charge in [-0.25, -0.2) is 0 Å². The first-order valence-corrected chi connectivity index (χ1v) is 7.94. The van der Waals surface area contributed by atoms with Gasteiger partial charge in [-0.2, -0.15) is 0 Å². The van der Waals surface area contributed by atoms with Gasteiger partial charge in [-0.3, -0.25) is 0 Å². The van der Waals surface area contributed by atoms with Gasteiger partial charge in [0.25, 0.3) is 0 Å². The molecule has 0 spiro atoms. The van der Waals surface area contributed by atoms with Gasteiger partial charge < -0.3 is 15.1 Å². The summed E-state index contributed by atoms with van der Waals surface area (Å²) in [5, 5.41) is 14.8. The molecule has 1 aliphatic carbocycles. The van der Waals surface area contributed by atoms with Crippen LogP contribution in [0.4, 0.5) is 6.01 Å². The van der Waals surface area contributed by atoms with Gasteiger partial charge in [-0.05, 0) is 38.1 Å². The first kappa shape index (κ1) is 15.3. The highest BCUT2D eigenvalue weighted by Crippen LogP contribution is 2.27. The molecule has 1 saturated carbocycles. The Bertz CT molecular complexity index is 385. The average Bonchev–Trinajstić information content (AvgIpc) is 2.87. The maximum atomic E-state index is 5.63. The van der Waals surface area contributed by atoms with Crippen LogP contribution in [0, 0.1) is 11.8 Å². The van der Waals surface area contributed by atoms with E-state index < -0.39 is 0 Å². The Morgan fingerprint density at radius 2 is 1.90 bits per heavy atom. The number of aromatic nitrogens is 2. The summed E-state index contributed by atoms with van der Waals surface area (Å²) in [6.07, 6.45) is 6.71. The van der Waals surface area contributed by atoms with Crippen molar-refractivity contribution in [3.8, 4) is 0 Å². The van der Waals surface area contributed by atoms with Gasteiger partial charge in [0, 0.05) is 6.04 Å². The lowest BCUT2D eigenvalue weighted by Gasteiger charge is -2.27. The summed E-state index contributed by atoms with van der Waals surface area (Å²) in [5.74, 6) is 2.02. The predicted molar refractivity (Wildman–Crippen MR) is 80.5 cm³/mol. The molecule has 0 saturated heterocycles. The van der Waals surface area contributed by atoms with Crippen LogP contribution in [0.2, 0.25) is 0 Å². The molecule has 5 heteroatoms. The van der Waals surface area contributed by atoms with E-state index in [1.807, 2.05) is 0 Å². The monoisotopic (exact) mass is 280 g/mol. The second-order valence-corrected chi connectivity index (χ2v) is 6.36. The quantitative estimate of drug-likeness (QED) is 0.803. The van der Waals surface area contributed by atoms with Gasteiger partial charge in [0.05, 0.1) is 6.54 Å². The summed E-state index contributed by atoms with van der Waals surface area (Å²) in [4.78, 5) is 0. The number of hydrogen-bond acceptors (Lipinski definition) is 5. The van der Waals surface area contributed by atoms with Gasteiger partial charge >= 0.3 is 6.01 Å². The van der Waals surface area contributed by atoms with Crippen LogP contribution in [-0.4, -0.2) is 22.8 Å². The van der Waals surface area contributed by atoms with Crippen molar-refractivity contribution >= 4 is 6.01 Å². The molecule has 1 aromatic rings. The number of nitrogens with one attached hydrogen (secondary N) is 2. The van der Waals surface area contributed by atoms with Gasteiger partial charge in [-0.15, -0.1) is 5.10 Å². The molecule has 5 nitrogen and oxygen atoms in total. The summed E-state index contributed by atoms with van der Waals surface area (Å²) in [6, 6.07) is 0.969. The highest BCUT2D eigenvalue weighted by Gasteiger charge is 2.21. The zero-order chi connectivity index (χ0) is 14.4. The summed E-state index contributed by atoms with van der Waals surface area (Å²) in [6.45, 7) is 8.18. The molecule has 20 heavy (non-hydrogen) atoms. The SMILES string of the molecule is CC(C)CNCc1nnc(NC(C)C2CCCCC2)o1. The van der Waals surface area contributed by atoms with Crippen LogP contribution in [0.5, 0.6) is 0 Å². The van der Waals surface area contributed by atoms with E-state index in [1.54, 1.807) is 0 Å². The molecule has 2 N–H and O–H groups in total. The van der Waals surface area contributed by atoms with E-state index in [0.717, 1.165) is 12.5 Å². The van der Waals surface area contributed by atoms with Crippen molar-refractivity contribution in [1.29, 1.82) is 0 Å². The standard InChI is InChI=1S/C15H28N4O/c1-11(2)9-16-10-14-18-19-15(20-14)17-12(3)13-7-5-4-6-8-13/h11-13,16H,4-10H2,1-3H3,(H,17,19). The minimum atomic E-state index is 0.409. The Morgan fingerprint density at radius 1 is 1.15 bits per heavy atom. The third-order valence-electron chi connectivity index (χ3n) is 4.00. The van der Waals surface area contributed by atoms with Gasteiger partial charge in [-0.1, -0.05) is 38.2 Å². The fraction of sp³-hybridized carbons (Fsp3) is 0.867. The number of nitrogens with zero attached hydrogens (tertiary/aromatic N) is 2. The van der Waals surface area contributed by atoms with E-state index in [0.29, 0.717) is 30.4 Å². The van der Waals surface area contributed by atoms with Gasteiger partial charge in [0.2, 0.25) is 5.89 Å². The van der Waals surface area contributed by atoms with E-state index in [2.05, 4.69) is 41.6 Å². The Morgan fingerprint density at radius 3 is 2.60 bits per heavy atom. The zero-order valence-electron chi connectivity index (χ0n) is 13.0. The molecule has 0 aliphatic heterocycles. The van der Waals surface area contributed by atoms with E-state index in [1.165, 1.54) is 32.1 Å². The van der Waals surface area contributed by atoms with Crippen molar-refractivity contribution in [3.05, 3.63) is 5.89 Å². The van der Waals surface area contributed by atoms with Crippen LogP contribution in [0.15, 0.2) is 4.42 Å². The van der Waals surface area contributed by atoms with Crippen molar-refractivity contribution in [2.75, 3.05) is 11.9 Å². The zero-order valence-corrected chi connectivity index (χ0v) is 13.0. The first-order chi connectivity index (χ1) is 9.65. The molecule has 1 aromatic heterocycles. The minimum Gasteiger partial charge on any atom is -0.407 e. The molecule has 0 bridgehead atoms. The normalized spacial score (nSPS) is 18.4. The van der Waals surface area contributed by atoms with Crippen LogP contribution in [0.3, 0.4) is 0 Å². The molecule has 0 amide bonds. The van der Waals surface area contributed by atoms with Crippen LogP contribution in [0.25, 0.3) is 0 Å². The van der Waals surface area contributed by atoms with E-state index in [-0.39, 0.29) is 0 Å². The van der Waals surface area contributed by atoms with Crippen molar-refractivity contribution < 1.29 is 4.42 Å². The molecular weight excluding hydrogens is 252 g/mol. The first-order valence-electron chi connectivity index (χ1n) is 7.94. The number of hydrogen-bond donors (Lipinski definition) is 2. The fourth-order valence-electron chi connectivity index (χ4n) is 2.80. The maximum Gasteiger partial charge on any atom is 0.315 e. The Hall–Kier alpha value is -1.10. The van der Waals surface area contributed by atoms with Crippen molar-refractivity contribution in [2.24, 2.45) is 11.8 Å². The van der Waals surface area contributed by atoms with E-state index in [4.69, 9.17) is 4.42 Å². The predicted octanol–water partition coefficient (Wildman–Crippen LogP) is 3.20. The molecule has 1 aliphatic rings. The third-order valence-corrected chi connectivity index (χ3v) is 4.00. The molecule has 0 aromatic carbocycles. The molecule has 0 radical (unpaired) electrons. The Labute approximate surface area is 121 Å². The molecular formula is C15H28N4O. The average molecular weight is 280 g/mol. The number of anilines is 1. The largest absolute Gasteiger partial charge is 0.407 e. The second kappa shape index (κ2) is 7.62. The number of rotatable bonds is 7. The van der Waals surface area contributed by atoms with Crippen molar-refractivity contribution in [2.45, 2.75) is 65.5 Å². The summed E-state index contributed by atoms with van der Waals surface area (Å²) < 4.78 is 5.63. The van der Waals surface area contributed by atoms with E-state index in [9.17, 15) is 0 Å². The van der Waals surface area contributed by atoms with Crippen LogP contribution in [-0.2, 0) is 6.54 Å². The lowest BCUT2D eigenvalue weighted by Crippen LogP contribution is -2.27. The lowest BCUT2D eigenvalue weighted by atomic mass is 9.85. The van der Waals surface area contributed by atoms with Crippen LogP contribution >= 0.6 is 0 Å². The molecule has 1 unspecified atom stereocenters.